The van der Waals surface area contributed by atoms with Crippen molar-refractivity contribution in [2.24, 2.45) is 11.8 Å². The number of rotatable bonds is 14. The third kappa shape index (κ3) is 10.0. The third-order valence-corrected chi connectivity index (χ3v) is 7.76. The summed E-state index contributed by atoms with van der Waals surface area (Å²) in [6.45, 7) is 8.15. The number of aromatic nitrogens is 2. The minimum atomic E-state index is -5.16. The number of likely N-dealkylation sites (tertiary alicyclic amines) is 1. The Bertz CT molecular complexity index is 1390. The number of hydrogen-bond acceptors (Lipinski definition) is 8. The standard InChI is InChI=1S/C32H41F3N6O6/c1-6-22(27(42)32(33,34)35)38-29(44)24-14-21(47-17-20-10-8-7-9-11-20)16-41(24)31(46)26(19(4)5)40-30(45)25(18(2)3)39-28(43)23-15-36-12-13-37-23/h7-13,15,18-19,21-22,24-26H,6,14,16-17H2,1-5H3,(H,38,44)(H,39,43)(H,40,45)/t21-,22?,24?,25-,26-/m1/s1. The maximum Gasteiger partial charge on any atom is 0.452 e. The molecule has 47 heavy (non-hydrogen) atoms. The number of halogens is 3. The van der Waals surface area contributed by atoms with Crippen molar-refractivity contribution in [3.63, 3.8) is 0 Å². The molecule has 2 unspecified atom stereocenters. The van der Waals surface area contributed by atoms with E-state index in [1.54, 1.807) is 27.7 Å². The van der Waals surface area contributed by atoms with Crippen LogP contribution in [0, 0.1) is 11.8 Å². The molecule has 256 valence electrons. The van der Waals surface area contributed by atoms with Gasteiger partial charge in [-0.25, -0.2) is 4.98 Å². The largest absolute Gasteiger partial charge is 0.452 e. The molecular weight excluding hydrogens is 621 g/mol. The van der Waals surface area contributed by atoms with Crippen molar-refractivity contribution in [2.45, 2.75) is 90.5 Å². The van der Waals surface area contributed by atoms with Gasteiger partial charge in [0.15, 0.2) is 0 Å². The zero-order chi connectivity index (χ0) is 34.9. The van der Waals surface area contributed by atoms with Crippen LogP contribution < -0.4 is 16.0 Å². The third-order valence-electron chi connectivity index (χ3n) is 7.76. The highest BCUT2D eigenvalue weighted by molar-refractivity contribution is 5.98. The van der Waals surface area contributed by atoms with Crippen LogP contribution in [0.2, 0.25) is 0 Å². The first-order valence-electron chi connectivity index (χ1n) is 15.4. The first-order chi connectivity index (χ1) is 22.1. The summed E-state index contributed by atoms with van der Waals surface area (Å²) in [5, 5.41) is 7.48. The highest BCUT2D eigenvalue weighted by Gasteiger charge is 2.47. The molecule has 4 amide bonds. The minimum Gasteiger partial charge on any atom is -0.372 e. The first kappa shape index (κ1) is 37.1. The minimum absolute atomic E-state index is 0.00992. The number of ketones is 1. The monoisotopic (exact) mass is 662 g/mol. The first-order valence-corrected chi connectivity index (χ1v) is 15.4. The van der Waals surface area contributed by atoms with E-state index in [9.17, 15) is 37.1 Å². The molecule has 3 N–H and O–H groups in total. The van der Waals surface area contributed by atoms with Crippen molar-refractivity contribution in [3.8, 4) is 0 Å². The van der Waals surface area contributed by atoms with Crippen molar-refractivity contribution in [1.29, 1.82) is 0 Å². The van der Waals surface area contributed by atoms with Crippen LogP contribution in [0.3, 0.4) is 0 Å². The van der Waals surface area contributed by atoms with Crippen LogP contribution in [-0.2, 0) is 30.5 Å². The van der Waals surface area contributed by atoms with Gasteiger partial charge >= 0.3 is 6.18 Å². The van der Waals surface area contributed by atoms with Crippen molar-refractivity contribution in [2.75, 3.05) is 6.54 Å². The van der Waals surface area contributed by atoms with Crippen LogP contribution in [0.1, 0.15) is 63.5 Å². The quantitative estimate of drug-likeness (QED) is 0.279. The van der Waals surface area contributed by atoms with E-state index < -0.39 is 77.7 Å². The molecule has 0 spiro atoms. The molecule has 5 atom stereocenters. The van der Waals surface area contributed by atoms with Crippen LogP contribution in [0.4, 0.5) is 13.2 Å². The van der Waals surface area contributed by atoms with E-state index in [1.165, 1.54) is 30.4 Å². The summed E-state index contributed by atoms with van der Waals surface area (Å²) in [5.74, 6) is -5.93. The molecule has 0 saturated carbocycles. The number of carbonyl (C=O) groups excluding carboxylic acids is 5. The fraction of sp³-hybridized carbons (Fsp3) is 0.531. The van der Waals surface area contributed by atoms with E-state index in [4.69, 9.17) is 4.74 Å². The lowest BCUT2D eigenvalue weighted by Crippen LogP contribution is -2.59. The SMILES string of the molecule is CCC(NC(=O)C1C[C@@H](OCc2ccccc2)CN1C(=O)[C@H](NC(=O)[C@H](NC(=O)c1cnccn1)C(C)C)C(C)C)C(=O)C(F)(F)F. The Kier molecular flexibility index (Phi) is 13.0. The van der Waals surface area contributed by atoms with E-state index in [2.05, 4.69) is 25.9 Å². The molecule has 3 rings (SSSR count). The van der Waals surface area contributed by atoms with Crippen molar-refractivity contribution < 1.29 is 41.9 Å². The van der Waals surface area contributed by atoms with Gasteiger partial charge in [0, 0.05) is 25.4 Å². The smallest absolute Gasteiger partial charge is 0.372 e. The van der Waals surface area contributed by atoms with E-state index in [-0.39, 0.29) is 31.7 Å². The Hall–Kier alpha value is -4.40. The lowest BCUT2D eigenvalue weighted by Gasteiger charge is -2.32. The summed E-state index contributed by atoms with van der Waals surface area (Å²) in [6.07, 6.45) is -2.25. The van der Waals surface area contributed by atoms with Crippen molar-refractivity contribution in [1.82, 2.24) is 30.8 Å². The number of alkyl halides is 3. The number of carbonyl (C=O) groups is 5. The van der Waals surface area contributed by atoms with Gasteiger partial charge in [-0.05, 0) is 23.8 Å². The molecule has 0 aliphatic carbocycles. The second-order valence-corrected chi connectivity index (χ2v) is 12.0. The molecule has 1 aliphatic heterocycles. The van der Waals surface area contributed by atoms with Crippen LogP contribution in [0.5, 0.6) is 0 Å². The lowest BCUT2D eigenvalue weighted by molar-refractivity contribution is -0.174. The average Bonchev–Trinajstić information content (AvgIpc) is 3.47. The number of Topliss-reactive ketones (excluding diaryl/α,β-unsaturated/α-hetero) is 1. The summed E-state index contributed by atoms with van der Waals surface area (Å²) in [6, 6.07) is 3.75. The topological polar surface area (TPSA) is 160 Å². The molecule has 0 bridgehead atoms. The average molecular weight is 663 g/mol. The Labute approximate surface area is 271 Å². The second-order valence-electron chi connectivity index (χ2n) is 12.0. The van der Waals surface area contributed by atoms with Crippen molar-refractivity contribution in [3.05, 3.63) is 60.2 Å². The van der Waals surface area contributed by atoms with Crippen LogP contribution in [0.15, 0.2) is 48.9 Å². The van der Waals surface area contributed by atoms with Gasteiger partial charge in [0.1, 0.15) is 23.8 Å². The molecule has 15 heteroatoms. The summed E-state index contributed by atoms with van der Waals surface area (Å²) in [5.41, 5.74) is 0.819. The van der Waals surface area contributed by atoms with Crippen LogP contribution in [-0.4, -0.2) is 87.3 Å². The second kappa shape index (κ2) is 16.4. The van der Waals surface area contributed by atoms with Gasteiger partial charge in [-0.15, -0.1) is 0 Å². The van der Waals surface area contributed by atoms with Crippen molar-refractivity contribution >= 4 is 29.4 Å². The summed E-state index contributed by atoms with van der Waals surface area (Å²) < 4.78 is 45.6. The zero-order valence-corrected chi connectivity index (χ0v) is 26.9. The number of nitrogens with one attached hydrogen (secondary N) is 3. The van der Waals surface area contributed by atoms with E-state index in [0.717, 1.165) is 5.56 Å². The molecule has 1 fully saturated rings. The fourth-order valence-electron chi connectivity index (χ4n) is 5.12. The Morgan fingerprint density at radius 1 is 0.957 bits per heavy atom. The highest BCUT2D eigenvalue weighted by Crippen LogP contribution is 2.26. The summed E-state index contributed by atoms with van der Waals surface area (Å²) >= 11 is 0. The van der Waals surface area contributed by atoms with Gasteiger partial charge in [0.05, 0.1) is 24.9 Å². The van der Waals surface area contributed by atoms with Crippen LogP contribution in [0.25, 0.3) is 0 Å². The number of amides is 4. The Morgan fingerprint density at radius 2 is 1.62 bits per heavy atom. The van der Waals surface area contributed by atoms with E-state index in [1.807, 2.05) is 30.3 Å². The molecule has 1 aromatic heterocycles. The summed E-state index contributed by atoms with van der Waals surface area (Å²) in [7, 11) is 0. The molecule has 2 heterocycles. The molecule has 0 radical (unpaired) electrons. The normalized spacial score (nSPS) is 18.4. The van der Waals surface area contributed by atoms with E-state index >= 15 is 0 Å². The summed E-state index contributed by atoms with van der Waals surface area (Å²) in [4.78, 5) is 74.7. The van der Waals surface area contributed by atoms with Gasteiger partial charge in [-0.1, -0.05) is 65.0 Å². The molecule has 12 nitrogen and oxygen atoms in total. The molecular formula is C32H41F3N6O6. The van der Waals surface area contributed by atoms with E-state index in [0.29, 0.717) is 0 Å². The van der Waals surface area contributed by atoms with Gasteiger partial charge in [-0.2, -0.15) is 13.2 Å². The zero-order valence-electron chi connectivity index (χ0n) is 26.9. The predicted octanol–water partition coefficient (Wildman–Crippen LogP) is 2.58. The van der Waals surface area contributed by atoms with Gasteiger partial charge in [0.2, 0.25) is 17.7 Å². The fourth-order valence-corrected chi connectivity index (χ4v) is 5.12. The number of nitrogens with zero attached hydrogens (tertiary/aromatic N) is 3. The number of ether oxygens (including phenoxy) is 1. The number of benzene rings is 1. The van der Waals surface area contributed by atoms with Gasteiger partial charge in [0.25, 0.3) is 11.7 Å². The molecule has 2 aromatic rings. The molecule has 1 saturated heterocycles. The lowest BCUT2D eigenvalue weighted by atomic mass is 9.98. The highest BCUT2D eigenvalue weighted by atomic mass is 19.4. The van der Waals surface area contributed by atoms with Gasteiger partial charge < -0.3 is 25.6 Å². The van der Waals surface area contributed by atoms with Gasteiger partial charge in [-0.3, -0.25) is 29.0 Å². The Balaban J connectivity index is 1.83. The molecule has 1 aliphatic rings. The predicted molar refractivity (Wildman–Crippen MR) is 163 cm³/mol. The Morgan fingerprint density at radius 3 is 2.17 bits per heavy atom. The maximum absolute atomic E-state index is 14.1. The molecule has 1 aromatic carbocycles. The maximum atomic E-state index is 14.1. The number of hydrogen-bond donors (Lipinski definition) is 3. The van der Waals surface area contributed by atoms with Crippen LogP contribution >= 0.6 is 0 Å².